The van der Waals surface area contributed by atoms with Crippen LogP contribution in [0.25, 0.3) is 0 Å². The topological polar surface area (TPSA) is 40.5 Å². The quantitative estimate of drug-likeness (QED) is 0.770. The lowest BCUT2D eigenvalue weighted by atomic mass is 9.93. The Bertz CT molecular complexity index is 212. The zero-order chi connectivity index (χ0) is 9.97. The van der Waals surface area contributed by atoms with Crippen LogP contribution < -0.4 is 0 Å². The van der Waals surface area contributed by atoms with E-state index in [0.717, 1.165) is 25.3 Å². The Morgan fingerprint density at radius 3 is 2.64 bits per heavy atom. The first kappa shape index (κ1) is 10.3. The van der Waals surface area contributed by atoms with Crippen LogP contribution >= 0.6 is 11.8 Å². The Kier molecular flexibility index (Phi) is 3.34. The lowest BCUT2D eigenvalue weighted by molar-refractivity contribution is -0.147. The minimum absolute atomic E-state index is 0.198. The van der Waals surface area contributed by atoms with Gasteiger partial charge in [0.1, 0.15) is 6.04 Å². The molecule has 2 saturated heterocycles. The predicted molar refractivity (Wildman–Crippen MR) is 57.7 cm³/mol. The van der Waals surface area contributed by atoms with Crippen LogP contribution in [-0.4, -0.2) is 46.6 Å². The molecule has 0 aromatic heterocycles. The number of hydrogen-bond acceptors (Lipinski definition) is 3. The van der Waals surface area contributed by atoms with Crippen LogP contribution in [0.15, 0.2) is 0 Å². The van der Waals surface area contributed by atoms with Gasteiger partial charge in [0, 0.05) is 13.1 Å². The highest BCUT2D eigenvalue weighted by molar-refractivity contribution is 7.99. The number of rotatable bonds is 3. The summed E-state index contributed by atoms with van der Waals surface area (Å²) < 4.78 is 0. The highest BCUT2D eigenvalue weighted by Gasteiger charge is 2.36. The summed E-state index contributed by atoms with van der Waals surface area (Å²) >= 11 is 1.91. The molecule has 3 nitrogen and oxygen atoms in total. The van der Waals surface area contributed by atoms with Crippen molar-refractivity contribution in [2.45, 2.75) is 25.3 Å². The third-order valence-electron chi connectivity index (χ3n) is 3.18. The highest BCUT2D eigenvalue weighted by Crippen LogP contribution is 2.29. The normalized spacial score (nSPS) is 30.7. The number of aliphatic carboxylic acids is 1. The minimum Gasteiger partial charge on any atom is -0.480 e. The molecule has 0 radical (unpaired) electrons. The van der Waals surface area contributed by atoms with Gasteiger partial charge in [-0.05, 0) is 36.7 Å². The van der Waals surface area contributed by atoms with E-state index < -0.39 is 5.97 Å². The molecule has 80 valence electrons. The Balaban J connectivity index is 1.97. The number of nitrogens with zero attached hydrogens (tertiary/aromatic N) is 1. The van der Waals surface area contributed by atoms with E-state index in [9.17, 15) is 9.90 Å². The molecule has 2 unspecified atom stereocenters. The number of carbonyl (C=O) groups is 1. The van der Waals surface area contributed by atoms with Gasteiger partial charge in [0.25, 0.3) is 0 Å². The molecule has 0 saturated carbocycles. The van der Waals surface area contributed by atoms with Crippen molar-refractivity contribution < 1.29 is 9.90 Å². The summed E-state index contributed by atoms with van der Waals surface area (Å²) in [4.78, 5) is 13.3. The minimum atomic E-state index is -0.614. The Labute approximate surface area is 88.9 Å². The fourth-order valence-electron chi connectivity index (χ4n) is 2.29. The van der Waals surface area contributed by atoms with E-state index in [1.165, 1.54) is 18.6 Å². The molecule has 0 amide bonds. The SMILES string of the molecule is O=C(O)C(C1CCCSC1)N1CCC1. The molecule has 0 spiro atoms. The van der Waals surface area contributed by atoms with Crippen molar-refractivity contribution in [1.29, 1.82) is 0 Å². The zero-order valence-corrected chi connectivity index (χ0v) is 9.13. The number of likely N-dealkylation sites (tertiary alicyclic amines) is 1. The van der Waals surface area contributed by atoms with Crippen molar-refractivity contribution >= 4 is 17.7 Å². The van der Waals surface area contributed by atoms with Crippen LogP contribution in [0.5, 0.6) is 0 Å². The molecule has 4 heteroatoms. The molecule has 0 aromatic rings. The van der Waals surface area contributed by atoms with E-state index in [1.807, 2.05) is 11.8 Å². The van der Waals surface area contributed by atoms with E-state index in [4.69, 9.17) is 0 Å². The maximum absolute atomic E-state index is 11.2. The lowest BCUT2D eigenvalue weighted by Gasteiger charge is -2.40. The van der Waals surface area contributed by atoms with Gasteiger partial charge in [-0.3, -0.25) is 9.69 Å². The first-order chi connectivity index (χ1) is 6.79. The Morgan fingerprint density at radius 2 is 2.21 bits per heavy atom. The predicted octanol–water partition coefficient (Wildman–Crippen LogP) is 1.29. The molecule has 2 fully saturated rings. The van der Waals surface area contributed by atoms with Crippen molar-refractivity contribution in [3.05, 3.63) is 0 Å². The van der Waals surface area contributed by atoms with Gasteiger partial charge in [-0.1, -0.05) is 0 Å². The van der Waals surface area contributed by atoms with Crippen LogP contribution in [0.4, 0.5) is 0 Å². The largest absolute Gasteiger partial charge is 0.480 e. The second kappa shape index (κ2) is 4.53. The van der Waals surface area contributed by atoms with Crippen molar-refractivity contribution in [2.24, 2.45) is 5.92 Å². The van der Waals surface area contributed by atoms with Gasteiger partial charge in [0.05, 0.1) is 0 Å². The molecule has 2 rings (SSSR count). The number of carboxylic acids is 1. The van der Waals surface area contributed by atoms with Gasteiger partial charge in [0.2, 0.25) is 0 Å². The van der Waals surface area contributed by atoms with Crippen LogP contribution in [0.2, 0.25) is 0 Å². The van der Waals surface area contributed by atoms with Gasteiger partial charge in [-0.2, -0.15) is 11.8 Å². The molecule has 1 N–H and O–H groups in total. The van der Waals surface area contributed by atoms with Crippen LogP contribution in [0.3, 0.4) is 0 Å². The second-order valence-electron chi connectivity index (χ2n) is 4.15. The standard InChI is InChI=1S/C10H17NO2S/c12-10(13)9(11-4-2-5-11)8-3-1-6-14-7-8/h8-9H,1-7H2,(H,12,13). The molecule has 2 aliphatic rings. The molecule has 2 heterocycles. The third-order valence-corrected chi connectivity index (χ3v) is 4.42. The Morgan fingerprint density at radius 1 is 1.43 bits per heavy atom. The molecule has 2 atom stereocenters. The summed E-state index contributed by atoms with van der Waals surface area (Å²) in [5, 5.41) is 9.21. The number of carboxylic acid groups (broad SMARTS) is 1. The second-order valence-corrected chi connectivity index (χ2v) is 5.30. The summed E-state index contributed by atoms with van der Waals surface area (Å²) in [6.45, 7) is 1.97. The van der Waals surface area contributed by atoms with Crippen LogP contribution in [0, 0.1) is 5.92 Å². The first-order valence-corrected chi connectivity index (χ1v) is 6.49. The zero-order valence-electron chi connectivity index (χ0n) is 8.32. The fraction of sp³-hybridized carbons (Fsp3) is 0.900. The number of hydrogen-bond donors (Lipinski definition) is 1. The van der Waals surface area contributed by atoms with E-state index in [2.05, 4.69) is 4.90 Å². The molecule has 0 aliphatic carbocycles. The van der Waals surface area contributed by atoms with E-state index in [-0.39, 0.29) is 6.04 Å². The van der Waals surface area contributed by atoms with Crippen LogP contribution in [0.1, 0.15) is 19.3 Å². The van der Waals surface area contributed by atoms with Crippen molar-refractivity contribution in [2.75, 3.05) is 24.6 Å². The summed E-state index contributed by atoms with van der Waals surface area (Å²) in [5.74, 6) is 2.01. The van der Waals surface area contributed by atoms with E-state index in [1.54, 1.807) is 0 Å². The van der Waals surface area contributed by atoms with E-state index in [0.29, 0.717) is 5.92 Å². The molecule has 0 aromatic carbocycles. The number of thioether (sulfide) groups is 1. The average molecular weight is 215 g/mol. The summed E-state index contributed by atoms with van der Waals surface area (Å²) in [5.41, 5.74) is 0. The Hall–Kier alpha value is -0.220. The van der Waals surface area contributed by atoms with Crippen molar-refractivity contribution in [3.63, 3.8) is 0 Å². The molecular formula is C10H17NO2S. The molecule has 2 aliphatic heterocycles. The maximum atomic E-state index is 11.2. The van der Waals surface area contributed by atoms with Gasteiger partial charge in [-0.15, -0.1) is 0 Å². The summed E-state index contributed by atoms with van der Waals surface area (Å²) in [6.07, 6.45) is 3.46. The van der Waals surface area contributed by atoms with Gasteiger partial charge in [-0.25, -0.2) is 0 Å². The summed E-state index contributed by atoms with van der Waals surface area (Å²) in [7, 11) is 0. The van der Waals surface area contributed by atoms with E-state index >= 15 is 0 Å². The monoisotopic (exact) mass is 215 g/mol. The van der Waals surface area contributed by atoms with Gasteiger partial charge < -0.3 is 5.11 Å². The smallest absolute Gasteiger partial charge is 0.321 e. The molecular weight excluding hydrogens is 198 g/mol. The maximum Gasteiger partial charge on any atom is 0.321 e. The van der Waals surface area contributed by atoms with Crippen molar-refractivity contribution in [3.8, 4) is 0 Å². The molecule has 0 bridgehead atoms. The summed E-state index contributed by atoms with van der Waals surface area (Å²) in [6, 6.07) is -0.198. The fourth-order valence-corrected chi connectivity index (χ4v) is 3.48. The molecule has 14 heavy (non-hydrogen) atoms. The highest BCUT2D eigenvalue weighted by atomic mass is 32.2. The van der Waals surface area contributed by atoms with Crippen LogP contribution in [-0.2, 0) is 4.79 Å². The lowest BCUT2D eigenvalue weighted by Crippen LogP contribution is -2.53. The van der Waals surface area contributed by atoms with Crippen molar-refractivity contribution in [1.82, 2.24) is 4.90 Å². The first-order valence-electron chi connectivity index (χ1n) is 5.33. The third kappa shape index (κ3) is 2.06. The van der Waals surface area contributed by atoms with Gasteiger partial charge >= 0.3 is 5.97 Å². The average Bonchev–Trinajstić information content (AvgIpc) is 2.12. The van der Waals surface area contributed by atoms with Gasteiger partial charge in [0.15, 0.2) is 0 Å².